The molecule has 0 radical (unpaired) electrons. The number of hydrogen-bond acceptors (Lipinski definition) is 6. The molecule has 2 aromatic heterocycles. The Kier molecular flexibility index (Phi) is 6.08. The molecule has 1 saturated heterocycles. The van der Waals surface area contributed by atoms with E-state index in [2.05, 4.69) is 22.3 Å². The Bertz CT molecular complexity index is 890. The molecule has 0 saturated carbocycles. The highest BCUT2D eigenvalue weighted by atomic mass is 32.2. The Morgan fingerprint density at radius 1 is 1.07 bits per heavy atom. The molecule has 1 amide bonds. The zero-order valence-electron chi connectivity index (χ0n) is 15.5. The Balaban J connectivity index is 1.49. The van der Waals surface area contributed by atoms with Gasteiger partial charge >= 0.3 is 0 Å². The number of hydrogen-bond donors (Lipinski definition) is 0. The summed E-state index contributed by atoms with van der Waals surface area (Å²) in [6, 6.07) is 14.0. The minimum absolute atomic E-state index is 0.102. The highest BCUT2D eigenvalue weighted by Crippen LogP contribution is 2.21. The van der Waals surface area contributed by atoms with Gasteiger partial charge in [0.05, 0.1) is 31.8 Å². The molecular weight excluding hydrogens is 376 g/mol. The third-order valence-corrected chi connectivity index (χ3v) is 5.53. The van der Waals surface area contributed by atoms with Crippen LogP contribution in [0.3, 0.4) is 0 Å². The van der Waals surface area contributed by atoms with E-state index in [-0.39, 0.29) is 5.91 Å². The van der Waals surface area contributed by atoms with Crippen LogP contribution in [0.4, 0.5) is 0 Å². The van der Waals surface area contributed by atoms with Crippen molar-refractivity contribution in [2.75, 3.05) is 32.1 Å². The molecule has 0 atom stereocenters. The summed E-state index contributed by atoms with van der Waals surface area (Å²) in [5, 5.41) is 9.46. The fraction of sp³-hybridized carbons (Fsp3) is 0.350. The molecule has 1 aromatic carbocycles. The number of benzene rings is 1. The molecule has 0 unspecified atom stereocenters. The molecule has 0 bridgehead atoms. The normalized spacial score (nSPS) is 14.4. The van der Waals surface area contributed by atoms with Crippen LogP contribution >= 0.6 is 11.8 Å². The van der Waals surface area contributed by atoms with Crippen LogP contribution in [0.15, 0.2) is 58.3 Å². The Hall–Kier alpha value is -2.58. The summed E-state index contributed by atoms with van der Waals surface area (Å²) in [6.45, 7) is 3.05. The van der Waals surface area contributed by atoms with Crippen molar-refractivity contribution in [1.29, 1.82) is 0 Å². The van der Waals surface area contributed by atoms with Gasteiger partial charge in [0, 0.05) is 19.5 Å². The molecule has 8 heteroatoms. The van der Waals surface area contributed by atoms with Crippen molar-refractivity contribution in [3.8, 4) is 0 Å². The van der Waals surface area contributed by atoms with Gasteiger partial charge in [-0.1, -0.05) is 42.1 Å². The van der Waals surface area contributed by atoms with Crippen molar-refractivity contribution in [2.24, 2.45) is 0 Å². The highest BCUT2D eigenvalue weighted by Gasteiger charge is 2.20. The number of aromatic nitrogens is 3. The molecule has 1 aliphatic rings. The molecule has 4 rings (SSSR count). The third kappa shape index (κ3) is 4.63. The van der Waals surface area contributed by atoms with Crippen molar-refractivity contribution < 1.29 is 13.9 Å². The first kappa shape index (κ1) is 18.8. The second-order valence-corrected chi connectivity index (χ2v) is 7.45. The maximum Gasteiger partial charge on any atom is 0.233 e. The summed E-state index contributed by atoms with van der Waals surface area (Å²) in [7, 11) is 0. The van der Waals surface area contributed by atoms with Crippen LogP contribution in [0, 0.1) is 0 Å². The smallest absolute Gasteiger partial charge is 0.233 e. The number of carbonyl (C=O) groups excluding carboxylic acids is 1. The zero-order chi connectivity index (χ0) is 19.2. The van der Waals surface area contributed by atoms with Crippen molar-refractivity contribution >= 4 is 17.7 Å². The van der Waals surface area contributed by atoms with Gasteiger partial charge < -0.3 is 14.1 Å². The van der Waals surface area contributed by atoms with Gasteiger partial charge in [-0.25, -0.2) is 0 Å². The molecule has 28 heavy (non-hydrogen) atoms. The van der Waals surface area contributed by atoms with Gasteiger partial charge in [-0.05, 0) is 17.7 Å². The van der Waals surface area contributed by atoms with Crippen LogP contribution in [0.5, 0.6) is 0 Å². The molecule has 146 valence electrons. The lowest BCUT2D eigenvalue weighted by molar-refractivity contribution is -0.132. The molecular formula is C20H22N4O3S. The largest absolute Gasteiger partial charge is 0.467 e. The van der Waals surface area contributed by atoms with E-state index in [1.165, 1.54) is 11.8 Å². The SMILES string of the molecule is O=C(CSc1nnc(Cc2ccccc2)n1Cc1ccco1)N1CCOCC1. The number of thioether (sulfide) groups is 1. The van der Waals surface area contributed by atoms with Gasteiger partial charge in [0.2, 0.25) is 5.91 Å². The molecule has 1 aliphatic heterocycles. The van der Waals surface area contributed by atoms with Gasteiger partial charge in [0.25, 0.3) is 0 Å². The minimum atomic E-state index is 0.102. The fourth-order valence-electron chi connectivity index (χ4n) is 3.08. The van der Waals surface area contributed by atoms with Crippen molar-refractivity contribution in [3.05, 3.63) is 65.9 Å². The molecule has 7 nitrogen and oxygen atoms in total. The van der Waals surface area contributed by atoms with E-state index in [0.717, 1.165) is 22.3 Å². The predicted molar refractivity (Wildman–Crippen MR) is 105 cm³/mol. The van der Waals surface area contributed by atoms with Gasteiger partial charge in [0.1, 0.15) is 11.6 Å². The van der Waals surface area contributed by atoms with E-state index < -0.39 is 0 Å². The molecule has 0 spiro atoms. The molecule has 0 aliphatic carbocycles. The van der Waals surface area contributed by atoms with Crippen LogP contribution in [0.2, 0.25) is 0 Å². The maximum atomic E-state index is 12.5. The molecule has 1 fully saturated rings. The average molecular weight is 398 g/mol. The highest BCUT2D eigenvalue weighted by molar-refractivity contribution is 7.99. The summed E-state index contributed by atoms with van der Waals surface area (Å²) in [4.78, 5) is 14.3. The number of amides is 1. The van der Waals surface area contributed by atoms with E-state index in [9.17, 15) is 4.79 Å². The van der Waals surface area contributed by atoms with E-state index >= 15 is 0 Å². The average Bonchev–Trinajstić information content (AvgIpc) is 3.39. The van der Waals surface area contributed by atoms with E-state index in [4.69, 9.17) is 9.15 Å². The van der Waals surface area contributed by atoms with Crippen LogP contribution in [0.1, 0.15) is 17.1 Å². The van der Waals surface area contributed by atoms with Crippen LogP contribution in [-0.2, 0) is 22.5 Å². The number of carbonyl (C=O) groups is 1. The van der Waals surface area contributed by atoms with Crippen molar-refractivity contribution in [2.45, 2.75) is 18.1 Å². The van der Waals surface area contributed by atoms with Crippen molar-refractivity contribution in [3.63, 3.8) is 0 Å². The molecule has 3 aromatic rings. The zero-order valence-corrected chi connectivity index (χ0v) is 16.3. The first-order valence-electron chi connectivity index (χ1n) is 9.26. The first-order chi connectivity index (χ1) is 13.8. The Morgan fingerprint density at radius 2 is 1.89 bits per heavy atom. The quantitative estimate of drug-likeness (QED) is 0.569. The van der Waals surface area contributed by atoms with Crippen LogP contribution < -0.4 is 0 Å². The summed E-state index contributed by atoms with van der Waals surface area (Å²) in [5.41, 5.74) is 1.16. The topological polar surface area (TPSA) is 73.4 Å². The van der Waals surface area contributed by atoms with Gasteiger partial charge in [-0.2, -0.15) is 0 Å². The minimum Gasteiger partial charge on any atom is -0.467 e. The lowest BCUT2D eigenvalue weighted by Crippen LogP contribution is -2.41. The van der Waals surface area contributed by atoms with E-state index in [1.807, 2.05) is 39.8 Å². The number of nitrogens with zero attached hydrogens (tertiary/aromatic N) is 4. The first-order valence-corrected chi connectivity index (χ1v) is 10.2. The lowest BCUT2D eigenvalue weighted by atomic mass is 10.1. The van der Waals surface area contributed by atoms with E-state index in [0.29, 0.717) is 45.0 Å². The monoisotopic (exact) mass is 398 g/mol. The predicted octanol–water partition coefficient (Wildman–Crippen LogP) is 2.46. The summed E-state index contributed by atoms with van der Waals surface area (Å²) < 4.78 is 12.9. The standard InChI is InChI=1S/C20H22N4O3S/c25-19(23-8-11-26-12-9-23)15-28-20-22-21-18(13-16-5-2-1-3-6-16)24(20)14-17-7-4-10-27-17/h1-7,10H,8-9,11-15H2. The summed E-state index contributed by atoms with van der Waals surface area (Å²) >= 11 is 1.42. The lowest BCUT2D eigenvalue weighted by Gasteiger charge is -2.26. The maximum absolute atomic E-state index is 12.5. The van der Waals surface area contributed by atoms with E-state index in [1.54, 1.807) is 6.26 Å². The molecule has 0 N–H and O–H groups in total. The number of morpholine rings is 1. The fourth-order valence-corrected chi connectivity index (χ4v) is 3.94. The second kappa shape index (κ2) is 9.07. The van der Waals surface area contributed by atoms with Crippen molar-refractivity contribution in [1.82, 2.24) is 19.7 Å². The second-order valence-electron chi connectivity index (χ2n) is 6.51. The summed E-state index contributed by atoms with van der Waals surface area (Å²) in [6.07, 6.45) is 2.33. The van der Waals surface area contributed by atoms with Gasteiger partial charge in [0.15, 0.2) is 5.16 Å². The Morgan fingerprint density at radius 3 is 2.64 bits per heavy atom. The number of ether oxygens (including phenoxy) is 1. The van der Waals surface area contributed by atoms with Gasteiger partial charge in [-0.3, -0.25) is 9.36 Å². The molecule has 3 heterocycles. The van der Waals surface area contributed by atoms with Crippen LogP contribution in [-0.4, -0.2) is 57.6 Å². The van der Waals surface area contributed by atoms with Crippen LogP contribution in [0.25, 0.3) is 0 Å². The third-order valence-electron chi connectivity index (χ3n) is 4.58. The summed E-state index contributed by atoms with van der Waals surface area (Å²) in [5.74, 6) is 2.12. The van der Waals surface area contributed by atoms with Gasteiger partial charge in [-0.15, -0.1) is 10.2 Å². The number of furan rings is 1. The Labute approximate surface area is 167 Å². The number of rotatable bonds is 7.